The number of aliphatic hydroxyl groups is 3. The standard InChI is InChI=1S/C20H36O3/c1-15-6-7-17-18(2,3)10-5-11-19(17,4)20(15,23)12-8-16(14-22)9-13-21/h9,15,17,21-23H,5-8,10-14H2,1-4H3/b16-9+/t15-,17+,19-,20-/m1/s1. The molecule has 0 unspecified atom stereocenters. The zero-order valence-electron chi connectivity index (χ0n) is 15.4. The molecule has 2 aliphatic rings. The van der Waals surface area contributed by atoms with E-state index < -0.39 is 5.60 Å². The highest BCUT2D eigenvalue weighted by Crippen LogP contribution is 2.63. The molecule has 0 aliphatic heterocycles. The molecule has 2 rings (SSSR count). The molecule has 23 heavy (non-hydrogen) atoms. The van der Waals surface area contributed by atoms with Crippen molar-refractivity contribution in [2.45, 2.75) is 78.2 Å². The molecule has 0 heterocycles. The maximum absolute atomic E-state index is 11.8. The van der Waals surface area contributed by atoms with Crippen LogP contribution < -0.4 is 0 Å². The molecule has 0 radical (unpaired) electrons. The second-order valence-corrected chi connectivity index (χ2v) is 8.92. The lowest BCUT2D eigenvalue weighted by molar-refractivity contribution is -0.211. The van der Waals surface area contributed by atoms with Gasteiger partial charge in [-0.3, -0.25) is 0 Å². The zero-order chi connectivity index (χ0) is 17.3. The van der Waals surface area contributed by atoms with Gasteiger partial charge in [-0.2, -0.15) is 0 Å². The van der Waals surface area contributed by atoms with Crippen LogP contribution in [0.15, 0.2) is 11.6 Å². The van der Waals surface area contributed by atoms with Crippen LogP contribution in [0.2, 0.25) is 0 Å². The molecule has 134 valence electrons. The number of rotatable bonds is 5. The largest absolute Gasteiger partial charge is 0.392 e. The third-order valence-corrected chi connectivity index (χ3v) is 7.33. The Morgan fingerprint density at radius 1 is 1.13 bits per heavy atom. The van der Waals surface area contributed by atoms with Gasteiger partial charge in [0, 0.05) is 0 Å². The molecule has 0 spiro atoms. The van der Waals surface area contributed by atoms with Gasteiger partial charge >= 0.3 is 0 Å². The van der Waals surface area contributed by atoms with E-state index in [4.69, 9.17) is 5.11 Å². The predicted octanol–water partition coefficient (Wildman–Crippen LogP) is 3.67. The number of aliphatic hydroxyl groups excluding tert-OH is 2. The highest BCUT2D eigenvalue weighted by molar-refractivity contribution is 5.13. The molecular weight excluding hydrogens is 288 g/mol. The van der Waals surface area contributed by atoms with Gasteiger partial charge in [-0.1, -0.05) is 40.2 Å². The minimum Gasteiger partial charge on any atom is -0.392 e. The summed E-state index contributed by atoms with van der Waals surface area (Å²) < 4.78 is 0. The third kappa shape index (κ3) is 3.25. The summed E-state index contributed by atoms with van der Waals surface area (Å²) in [7, 11) is 0. The Hall–Kier alpha value is -0.380. The number of fused-ring (bicyclic) bond motifs is 1. The van der Waals surface area contributed by atoms with Crippen LogP contribution in [0.5, 0.6) is 0 Å². The molecule has 2 saturated carbocycles. The molecular formula is C20H36O3. The average Bonchev–Trinajstić information content (AvgIpc) is 2.48. The van der Waals surface area contributed by atoms with Crippen molar-refractivity contribution in [1.29, 1.82) is 0 Å². The smallest absolute Gasteiger partial charge is 0.0732 e. The maximum atomic E-state index is 11.8. The van der Waals surface area contributed by atoms with Crippen molar-refractivity contribution in [2.24, 2.45) is 22.7 Å². The first kappa shape index (κ1) is 19.0. The van der Waals surface area contributed by atoms with E-state index in [2.05, 4.69) is 27.7 Å². The summed E-state index contributed by atoms with van der Waals surface area (Å²) in [4.78, 5) is 0. The topological polar surface area (TPSA) is 60.7 Å². The van der Waals surface area contributed by atoms with Crippen LogP contribution in [0.3, 0.4) is 0 Å². The molecule has 3 nitrogen and oxygen atoms in total. The van der Waals surface area contributed by atoms with E-state index in [0.717, 1.165) is 18.4 Å². The van der Waals surface area contributed by atoms with Gasteiger partial charge < -0.3 is 15.3 Å². The average molecular weight is 325 g/mol. The van der Waals surface area contributed by atoms with E-state index in [9.17, 15) is 10.2 Å². The highest BCUT2D eigenvalue weighted by Gasteiger charge is 2.60. The van der Waals surface area contributed by atoms with E-state index in [0.29, 0.717) is 24.2 Å². The van der Waals surface area contributed by atoms with Crippen molar-refractivity contribution >= 4 is 0 Å². The normalized spacial score (nSPS) is 40.7. The first-order valence-corrected chi connectivity index (χ1v) is 9.33. The van der Waals surface area contributed by atoms with Crippen molar-refractivity contribution in [2.75, 3.05) is 13.2 Å². The number of hydrogen-bond donors (Lipinski definition) is 3. The minimum atomic E-state index is -0.683. The Morgan fingerprint density at radius 2 is 1.83 bits per heavy atom. The second kappa shape index (κ2) is 6.85. The molecule has 0 aromatic carbocycles. The summed E-state index contributed by atoms with van der Waals surface area (Å²) in [5.74, 6) is 0.844. The van der Waals surface area contributed by atoms with Gasteiger partial charge in [0.25, 0.3) is 0 Å². The van der Waals surface area contributed by atoms with E-state index in [1.807, 2.05) is 0 Å². The van der Waals surface area contributed by atoms with Crippen LogP contribution in [0.25, 0.3) is 0 Å². The lowest BCUT2D eigenvalue weighted by Crippen LogP contribution is -2.62. The summed E-state index contributed by atoms with van der Waals surface area (Å²) >= 11 is 0. The fourth-order valence-electron chi connectivity index (χ4n) is 5.83. The van der Waals surface area contributed by atoms with E-state index in [1.54, 1.807) is 6.08 Å². The molecule has 0 saturated heterocycles. The molecule has 0 amide bonds. The quantitative estimate of drug-likeness (QED) is 0.676. The first-order valence-electron chi connectivity index (χ1n) is 9.33. The van der Waals surface area contributed by atoms with Crippen LogP contribution in [0.1, 0.15) is 72.6 Å². The highest BCUT2D eigenvalue weighted by atomic mass is 16.3. The molecule has 2 aliphatic carbocycles. The Kier molecular flexibility index (Phi) is 5.65. The zero-order valence-corrected chi connectivity index (χ0v) is 15.4. The fraction of sp³-hybridized carbons (Fsp3) is 0.900. The summed E-state index contributed by atoms with van der Waals surface area (Å²) in [6, 6.07) is 0. The van der Waals surface area contributed by atoms with Crippen molar-refractivity contribution in [3.05, 3.63) is 11.6 Å². The Morgan fingerprint density at radius 3 is 2.43 bits per heavy atom. The molecule has 0 aromatic rings. The Balaban J connectivity index is 2.27. The van der Waals surface area contributed by atoms with E-state index >= 15 is 0 Å². The molecule has 0 aromatic heterocycles. The SMILES string of the molecule is C[C@@H]1CC[C@H]2C(C)(C)CCC[C@@]2(C)[C@@]1(O)CC/C(=C\CO)CO. The molecule has 3 heteroatoms. The van der Waals surface area contributed by atoms with Crippen LogP contribution in [-0.4, -0.2) is 34.1 Å². The van der Waals surface area contributed by atoms with Gasteiger partial charge in [-0.15, -0.1) is 0 Å². The lowest BCUT2D eigenvalue weighted by atomic mass is 9.44. The van der Waals surface area contributed by atoms with Crippen molar-refractivity contribution in [1.82, 2.24) is 0 Å². The van der Waals surface area contributed by atoms with Gasteiger partial charge in [0.1, 0.15) is 0 Å². The van der Waals surface area contributed by atoms with Crippen LogP contribution in [-0.2, 0) is 0 Å². The second-order valence-electron chi connectivity index (χ2n) is 8.92. The van der Waals surface area contributed by atoms with Gasteiger partial charge in [-0.05, 0) is 66.8 Å². The Bertz CT molecular complexity index is 442. The molecule has 4 atom stereocenters. The molecule has 0 bridgehead atoms. The third-order valence-electron chi connectivity index (χ3n) is 7.33. The maximum Gasteiger partial charge on any atom is 0.0732 e. The molecule has 2 fully saturated rings. The van der Waals surface area contributed by atoms with Gasteiger partial charge in [0.2, 0.25) is 0 Å². The van der Waals surface area contributed by atoms with Gasteiger partial charge in [-0.25, -0.2) is 0 Å². The van der Waals surface area contributed by atoms with Crippen molar-refractivity contribution < 1.29 is 15.3 Å². The van der Waals surface area contributed by atoms with Crippen molar-refractivity contribution in [3.8, 4) is 0 Å². The summed E-state index contributed by atoms with van der Waals surface area (Å²) in [5.41, 5.74) is 0.402. The predicted molar refractivity (Wildman–Crippen MR) is 94.1 cm³/mol. The van der Waals surface area contributed by atoms with Crippen LogP contribution >= 0.6 is 0 Å². The van der Waals surface area contributed by atoms with Crippen LogP contribution in [0.4, 0.5) is 0 Å². The summed E-state index contributed by atoms with van der Waals surface area (Å²) in [6.45, 7) is 9.17. The molecule has 3 N–H and O–H groups in total. The Labute approximate surface area is 141 Å². The first-order chi connectivity index (χ1) is 10.7. The number of hydrogen-bond acceptors (Lipinski definition) is 3. The van der Waals surface area contributed by atoms with Crippen molar-refractivity contribution in [3.63, 3.8) is 0 Å². The van der Waals surface area contributed by atoms with Gasteiger partial charge in [0.05, 0.1) is 18.8 Å². The monoisotopic (exact) mass is 324 g/mol. The summed E-state index contributed by atoms with van der Waals surface area (Å²) in [5, 5.41) is 30.3. The minimum absolute atomic E-state index is 0.0311. The lowest BCUT2D eigenvalue weighted by Gasteiger charge is -2.63. The fourth-order valence-corrected chi connectivity index (χ4v) is 5.83. The van der Waals surface area contributed by atoms with E-state index in [-0.39, 0.29) is 24.5 Å². The summed E-state index contributed by atoms with van der Waals surface area (Å²) in [6.07, 6.45) is 8.87. The van der Waals surface area contributed by atoms with Crippen LogP contribution in [0, 0.1) is 22.7 Å². The van der Waals surface area contributed by atoms with Gasteiger partial charge in [0.15, 0.2) is 0 Å². The van der Waals surface area contributed by atoms with E-state index in [1.165, 1.54) is 19.3 Å².